The zero-order valence-electron chi connectivity index (χ0n) is 20.3. The number of allylic oxidation sites excluding steroid dienone is 1. The maximum atomic E-state index is 13.7. The first-order valence-electron chi connectivity index (χ1n) is 13.1. The van der Waals surface area contributed by atoms with Crippen LogP contribution in [0.5, 0.6) is 0 Å². The van der Waals surface area contributed by atoms with Gasteiger partial charge in [0.25, 0.3) is 0 Å². The van der Waals surface area contributed by atoms with E-state index in [1.54, 1.807) is 12.1 Å². The number of carbonyl (C=O) groups excluding carboxylic acids is 1. The van der Waals surface area contributed by atoms with Crippen LogP contribution in [0.4, 0.5) is 0 Å². The van der Waals surface area contributed by atoms with Crippen LogP contribution in [0.15, 0.2) is 29.2 Å². The van der Waals surface area contributed by atoms with Gasteiger partial charge >= 0.3 is 5.97 Å². The van der Waals surface area contributed by atoms with Crippen molar-refractivity contribution in [2.45, 2.75) is 107 Å². The van der Waals surface area contributed by atoms with Crippen molar-refractivity contribution in [1.82, 2.24) is 5.06 Å². The van der Waals surface area contributed by atoms with Gasteiger partial charge in [-0.3, -0.25) is 0 Å². The van der Waals surface area contributed by atoms with Crippen LogP contribution in [0, 0.1) is 5.92 Å². The van der Waals surface area contributed by atoms with Gasteiger partial charge in [0.2, 0.25) is 0 Å². The molecule has 0 amide bonds. The van der Waals surface area contributed by atoms with Crippen molar-refractivity contribution in [3.05, 3.63) is 34.9 Å². The Labute approximate surface area is 209 Å². The summed E-state index contributed by atoms with van der Waals surface area (Å²) in [6.07, 6.45) is 19.1. The fourth-order valence-electron chi connectivity index (χ4n) is 5.87. The van der Waals surface area contributed by atoms with Gasteiger partial charge in [-0.2, -0.15) is 0 Å². The molecule has 3 fully saturated rings. The summed E-state index contributed by atoms with van der Waals surface area (Å²) >= 11 is 6.36. The monoisotopic (exact) mass is 507 g/mol. The van der Waals surface area contributed by atoms with Crippen LogP contribution < -0.4 is 0 Å². The van der Waals surface area contributed by atoms with E-state index in [-0.39, 0.29) is 28.0 Å². The smallest absolute Gasteiger partial charge is 0.357 e. The molecular weight excluding hydrogens is 470 g/mol. The van der Waals surface area contributed by atoms with E-state index in [0.29, 0.717) is 17.1 Å². The number of benzene rings is 1. The number of carbonyl (C=O) groups is 1. The number of nitrogens with zero attached hydrogens (tertiary/aromatic N) is 1. The average Bonchev–Trinajstić information content (AvgIpc) is 3.34. The van der Waals surface area contributed by atoms with Gasteiger partial charge in [-0.05, 0) is 62.1 Å². The van der Waals surface area contributed by atoms with Crippen molar-refractivity contribution in [2.75, 3.05) is 6.26 Å². The standard InChI is InChI=1S/C27H38ClNO4S/c1-34(31,32)26-17-16-21(19-25(26)28)24(18-20-10-8-9-11-20)27(30)33-29(22-12-4-2-5-13-22)23-14-6-3-7-15-23/h16-20,22-23H,2-15H2,1H3/b24-18+. The lowest BCUT2D eigenvalue weighted by molar-refractivity contribution is -0.216. The Kier molecular flexibility index (Phi) is 8.76. The van der Waals surface area contributed by atoms with Gasteiger partial charge in [-0.1, -0.05) is 75.1 Å². The molecule has 5 nitrogen and oxygen atoms in total. The maximum Gasteiger partial charge on any atom is 0.357 e. The zero-order chi connectivity index (χ0) is 24.1. The van der Waals surface area contributed by atoms with E-state index in [0.717, 1.165) is 57.6 Å². The number of halogens is 1. The third-order valence-electron chi connectivity index (χ3n) is 7.72. The van der Waals surface area contributed by atoms with Gasteiger partial charge in [0.05, 0.1) is 15.5 Å². The Morgan fingerprint density at radius 1 is 0.912 bits per heavy atom. The Bertz CT molecular complexity index is 970. The highest BCUT2D eigenvalue weighted by atomic mass is 35.5. The summed E-state index contributed by atoms with van der Waals surface area (Å²) in [6, 6.07) is 5.36. The molecule has 0 bridgehead atoms. The lowest BCUT2D eigenvalue weighted by atomic mass is 9.90. The first kappa shape index (κ1) is 25.7. The molecule has 3 saturated carbocycles. The highest BCUT2D eigenvalue weighted by molar-refractivity contribution is 7.90. The second-order valence-electron chi connectivity index (χ2n) is 10.4. The van der Waals surface area contributed by atoms with Gasteiger partial charge < -0.3 is 4.84 Å². The molecule has 3 aliphatic rings. The van der Waals surface area contributed by atoms with Crippen molar-refractivity contribution in [2.24, 2.45) is 5.92 Å². The molecule has 4 rings (SSSR count). The molecule has 188 valence electrons. The third kappa shape index (κ3) is 6.44. The molecule has 0 aliphatic heterocycles. The average molecular weight is 508 g/mol. The molecule has 7 heteroatoms. The fraction of sp³-hybridized carbons (Fsp3) is 0.667. The quantitative estimate of drug-likeness (QED) is 0.302. The molecular formula is C27H38ClNO4S. The summed E-state index contributed by atoms with van der Waals surface area (Å²) in [6.45, 7) is 0. The molecule has 34 heavy (non-hydrogen) atoms. The lowest BCUT2D eigenvalue weighted by Crippen LogP contribution is -2.46. The van der Waals surface area contributed by atoms with Crippen LogP contribution in [0.1, 0.15) is 95.5 Å². The van der Waals surface area contributed by atoms with E-state index in [1.807, 2.05) is 6.08 Å². The summed E-state index contributed by atoms with van der Waals surface area (Å²) in [4.78, 5) is 20.1. The minimum absolute atomic E-state index is 0.0811. The fourth-order valence-corrected chi connectivity index (χ4v) is 7.20. The minimum atomic E-state index is -3.44. The molecule has 3 aliphatic carbocycles. The van der Waals surface area contributed by atoms with Crippen LogP contribution in [0.25, 0.3) is 5.57 Å². The number of hydroxylamine groups is 2. The molecule has 0 spiro atoms. The highest BCUT2D eigenvalue weighted by Gasteiger charge is 2.33. The van der Waals surface area contributed by atoms with Crippen molar-refractivity contribution in [1.29, 1.82) is 0 Å². The molecule has 0 N–H and O–H groups in total. The molecule has 0 radical (unpaired) electrons. The topological polar surface area (TPSA) is 63.7 Å². The molecule has 0 atom stereocenters. The van der Waals surface area contributed by atoms with E-state index in [9.17, 15) is 13.2 Å². The van der Waals surface area contributed by atoms with Gasteiger partial charge in [0, 0.05) is 18.3 Å². The summed E-state index contributed by atoms with van der Waals surface area (Å²) in [5.74, 6) is -0.0139. The predicted octanol–water partition coefficient (Wildman–Crippen LogP) is 6.74. The molecule has 0 unspecified atom stereocenters. The van der Waals surface area contributed by atoms with Crippen LogP contribution in [0.2, 0.25) is 5.02 Å². The summed E-state index contributed by atoms with van der Waals surface area (Å²) < 4.78 is 24.1. The predicted molar refractivity (Wildman–Crippen MR) is 136 cm³/mol. The Balaban J connectivity index is 1.63. The Morgan fingerprint density at radius 3 is 1.94 bits per heavy atom. The minimum Gasteiger partial charge on any atom is -0.363 e. The molecule has 1 aromatic rings. The SMILES string of the molecule is CS(=O)(=O)c1ccc(/C(=C\C2CCCC2)C(=O)ON(C2CCCCC2)C2CCCCC2)cc1Cl. The molecule has 0 saturated heterocycles. The number of rotatable bonds is 7. The Hall–Kier alpha value is -1.37. The molecule has 0 aromatic heterocycles. The maximum absolute atomic E-state index is 13.7. The number of sulfone groups is 1. The van der Waals surface area contributed by atoms with E-state index >= 15 is 0 Å². The van der Waals surface area contributed by atoms with Crippen molar-refractivity contribution in [3.63, 3.8) is 0 Å². The van der Waals surface area contributed by atoms with E-state index in [1.165, 1.54) is 44.6 Å². The second-order valence-corrected chi connectivity index (χ2v) is 12.8. The van der Waals surface area contributed by atoms with Crippen molar-refractivity contribution >= 4 is 33.0 Å². The third-order valence-corrected chi connectivity index (χ3v) is 9.30. The summed E-state index contributed by atoms with van der Waals surface area (Å²) in [5, 5.41) is 2.19. The van der Waals surface area contributed by atoms with Crippen molar-refractivity contribution in [3.8, 4) is 0 Å². The van der Waals surface area contributed by atoms with Crippen LogP contribution >= 0.6 is 11.6 Å². The molecule has 1 aromatic carbocycles. The number of hydrogen-bond acceptors (Lipinski definition) is 5. The van der Waals surface area contributed by atoms with Gasteiger partial charge in [0.1, 0.15) is 0 Å². The van der Waals surface area contributed by atoms with Gasteiger partial charge in [0.15, 0.2) is 9.84 Å². The van der Waals surface area contributed by atoms with E-state index < -0.39 is 9.84 Å². The van der Waals surface area contributed by atoms with Crippen molar-refractivity contribution < 1.29 is 18.0 Å². The zero-order valence-corrected chi connectivity index (χ0v) is 21.9. The van der Waals surface area contributed by atoms with Crippen LogP contribution in [-0.4, -0.2) is 37.8 Å². The van der Waals surface area contributed by atoms with E-state index in [4.69, 9.17) is 16.4 Å². The van der Waals surface area contributed by atoms with Crippen LogP contribution in [0.3, 0.4) is 0 Å². The highest BCUT2D eigenvalue weighted by Crippen LogP contribution is 2.34. The largest absolute Gasteiger partial charge is 0.363 e. The van der Waals surface area contributed by atoms with E-state index in [2.05, 4.69) is 5.06 Å². The Morgan fingerprint density at radius 2 is 1.44 bits per heavy atom. The first-order valence-corrected chi connectivity index (χ1v) is 15.3. The van der Waals surface area contributed by atoms with Gasteiger partial charge in [-0.15, -0.1) is 5.06 Å². The van der Waals surface area contributed by atoms with Gasteiger partial charge in [-0.25, -0.2) is 13.2 Å². The number of hydrogen-bond donors (Lipinski definition) is 0. The summed E-state index contributed by atoms with van der Waals surface area (Å²) in [5.41, 5.74) is 1.13. The summed E-state index contributed by atoms with van der Waals surface area (Å²) in [7, 11) is -3.44. The second kappa shape index (κ2) is 11.6. The first-order chi connectivity index (χ1) is 16.3. The molecule has 0 heterocycles. The van der Waals surface area contributed by atoms with Crippen LogP contribution in [-0.2, 0) is 19.5 Å². The lowest BCUT2D eigenvalue weighted by Gasteiger charge is -2.39. The normalized spacial score (nSPS) is 21.8.